The average Bonchev–Trinajstić information content (AvgIpc) is 2.46. The molecule has 3 nitrogen and oxygen atoms in total. The van der Waals surface area contributed by atoms with Crippen molar-refractivity contribution in [3.63, 3.8) is 0 Å². The zero-order valence-corrected chi connectivity index (χ0v) is 11.1. The van der Waals surface area contributed by atoms with E-state index in [9.17, 15) is 4.79 Å². The van der Waals surface area contributed by atoms with Crippen molar-refractivity contribution < 1.29 is 4.79 Å². The Labute approximate surface area is 113 Å². The van der Waals surface area contributed by atoms with Gasteiger partial charge in [-0.15, -0.1) is 0 Å². The summed E-state index contributed by atoms with van der Waals surface area (Å²) in [5, 5.41) is 0. The maximum Gasteiger partial charge on any atom is 0.250 e. The molecule has 1 aromatic heterocycles. The summed E-state index contributed by atoms with van der Waals surface area (Å²) >= 11 is 0. The van der Waals surface area contributed by atoms with Crippen LogP contribution >= 0.6 is 0 Å². The molecule has 0 saturated carbocycles. The molecular formula is C16H18N2O. The lowest BCUT2D eigenvalue weighted by molar-refractivity contribution is 0.1000. The lowest BCUT2D eigenvalue weighted by Gasteiger charge is -2.05. The van der Waals surface area contributed by atoms with Gasteiger partial charge in [-0.3, -0.25) is 9.78 Å². The Morgan fingerprint density at radius 3 is 2.53 bits per heavy atom. The first kappa shape index (κ1) is 13.3. The smallest absolute Gasteiger partial charge is 0.250 e. The fraction of sp³-hybridized carbons (Fsp3) is 0.250. The Bertz CT molecular complexity index is 561. The predicted molar refractivity (Wildman–Crippen MR) is 76.8 cm³/mol. The molecule has 0 fully saturated rings. The molecule has 1 aromatic carbocycles. The number of nitrogens with zero attached hydrogens (tertiary/aromatic N) is 1. The third kappa shape index (κ3) is 3.41. The molecule has 0 bridgehead atoms. The number of primary amides is 1. The van der Waals surface area contributed by atoms with Crippen molar-refractivity contribution in [2.45, 2.75) is 26.2 Å². The van der Waals surface area contributed by atoms with E-state index in [1.807, 2.05) is 0 Å². The molecule has 2 aromatic rings. The van der Waals surface area contributed by atoms with Crippen molar-refractivity contribution in [2.24, 2.45) is 5.73 Å². The van der Waals surface area contributed by atoms with E-state index in [1.54, 1.807) is 12.3 Å². The van der Waals surface area contributed by atoms with E-state index in [0.717, 1.165) is 17.5 Å². The van der Waals surface area contributed by atoms with Crippen LogP contribution in [0.3, 0.4) is 0 Å². The standard InChI is InChI=1S/C16H18N2O/c1-2-3-4-12-5-7-13(8-6-12)14-9-15(16(17)19)11-18-10-14/h5-11H,2-4H2,1H3,(H2,17,19). The number of carbonyl (C=O) groups is 1. The number of hydrogen-bond donors (Lipinski definition) is 1. The van der Waals surface area contributed by atoms with Gasteiger partial charge in [0.25, 0.3) is 0 Å². The summed E-state index contributed by atoms with van der Waals surface area (Å²) in [5.74, 6) is -0.450. The minimum absolute atomic E-state index is 0.438. The lowest BCUT2D eigenvalue weighted by atomic mass is 10.0. The van der Waals surface area contributed by atoms with Gasteiger partial charge in [-0.2, -0.15) is 0 Å². The molecule has 0 saturated heterocycles. The van der Waals surface area contributed by atoms with E-state index in [2.05, 4.69) is 36.2 Å². The first-order valence-electron chi connectivity index (χ1n) is 6.55. The zero-order chi connectivity index (χ0) is 13.7. The second-order valence-electron chi connectivity index (χ2n) is 4.63. The van der Waals surface area contributed by atoms with Gasteiger partial charge in [0, 0.05) is 18.0 Å². The summed E-state index contributed by atoms with van der Waals surface area (Å²) < 4.78 is 0. The first-order chi connectivity index (χ1) is 9.20. The highest BCUT2D eigenvalue weighted by atomic mass is 16.1. The van der Waals surface area contributed by atoms with Gasteiger partial charge < -0.3 is 5.73 Å². The molecule has 0 aliphatic carbocycles. The molecule has 0 aliphatic heterocycles. The van der Waals surface area contributed by atoms with Gasteiger partial charge in [0.1, 0.15) is 0 Å². The first-order valence-corrected chi connectivity index (χ1v) is 6.55. The highest BCUT2D eigenvalue weighted by Gasteiger charge is 2.04. The van der Waals surface area contributed by atoms with Gasteiger partial charge in [-0.1, -0.05) is 37.6 Å². The van der Waals surface area contributed by atoms with Gasteiger partial charge in [-0.25, -0.2) is 0 Å². The summed E-state index contributed by atoms with van der Waals surface area (Å²) in [6.07, 6.45) is 6.75. The van der Waals surface area contributed by atoms with Crippen LogP contribution in [-0.4, -0.2) is 10.9 Å². The molecule has 1 heterocycles. The normalized spacial score (nSPS) is 10.4. The molecule has 2 N–H and O–H groups in total. The van der Waals surface area contributed by atoms with Crippen LogP contribution in [0.4, 0.5) is 0 Å². The van der Waals surface area contributed by atoms with Crippen molar-refractivity contribution in [1.82, 2.24) is 4.98 Å². The van der Waals surface area contributed by atoms with Gasteiger partial charge in [0.15, 0.2) is 0 Å². The molecular weight excluding hydrogens is 236 g/mol. The van der Waals surface area contributed by atoms with E-state index >= 15 is 0 Å². The largest absolute Gasteiger partial charge is 0.366 e. The number of hydrogen-bond acceptors (Lipinski definition) is 2. The minimum atomic E-state index is -0.450. The van der Waals surface area contributed by atoms with Crippen LogP contribution in [0.25, 0.3) is 11.1 Å². The van der Waals surface area contributed by atoms with Crippen molar-refractivity contribution in [3.8, 4) is 11.1 Å². The molecule has 1 amide bonds. The summed E-state index contributed by atoms with van der Waals surface area (Å²) in [7, 11) is 0. The van der Waals surface area contributed by atoms with E-state index in [4.69, 9.17) is 5.73 Å². The lowest BCUT2D eigenvalue weighted by Crippen LogP contribution is -2.11. The maximum atomic E-state index is 11.1. The third-order valence-corrected chi connectivity index (χ3v) is 3.13. The number of nitrogens with two attached hydrogens (primary N) is 1. The molecule has 0 unspecified atom stereocenters. The predicted octanol–water partition coefficient (Wildman–Crippen LogP) is 3.19. The van der Waals surface area contributed by atoms with Crippen LogP contribution in [0.1, 0.15) is 35.7 Å². The van der Waals surface area contributed by atoms with Crippen LogP contribution in [0, 0.1) is 0 Å². The number of unbranched alkanes of at least 4 members (excludes halogenated alkanes) is 1. The van der Waals surface area contributed by atoms with Crippen LogP contribution in [-0.2, 0) is 6.42 Å². The fourth-order valence-corrected chi connectivity index (χ4v) is 1.98. The molecule has 3 heteroatoms. The Morgan fingerprint density at radius 2 is 1.89 bits per heavy atom. The molecule has 0 spiro atoms. The number of benzene rings is 1. The molecule has 0 atom stereocenters. The zero-order valence-electron chi connectivity index (χ0n) is 11.1. The van der Waals surface area contributed by atoms with Crippen LogP contribution in [0.15, 0.2) is 42.7 Å². The summed E-state index contributed by atoms with van der Waals surface area (Å²) in [6.45, 7) is 2.19. The van der Waals surface area contributed by atoms with Gasteiger partial charge >= 0.3 is 0 Å². The molecule has 98 valence electrons. The second-order valence-corrected chi connectivity index (χ2v) is 4.63. The van der Waals surface area contributed by atoms with E-state index in [1.165, 1.54) is 24.6 Å². The highest BCUT2D eigenvalue weighted by Crippen LogP contribution is 2.20. The average molecular weight is 254 g/mol. The summed E-state index contributed by atoms with van der Waals surface area (Å²) in [6, 6.07) is 10.2. The number of aryl methyl sites for hydroxylation is 1. The van der Waals surface area contributed by atoms with Crippen molar-refractivity contribution in [2.75, 3.05) is 0 Å². The Kier molecular flexibility index (Phi) is 4.29. The monoisotopic (exact) mass is 254 g/mol. The number of rotatable bonds is 5. The molecule has 0 aliphatic rings. The summed E-state index contributed by atoms with van der Waals surface area (Å²) in [4.78, 5) is 15.2. The van der Waals surface area contributed by atoms with Crippen molar-refractivity contribution in [3.05, 3.63) is 53.9 Å². The van der Waals surface area contributed by atoms with Crippen LogP contribution < -0.4 is 5.73 Å². The fourth-order valence-electron chi connectivity index (χ4n) is 1.98. The van der Waals surface area contributed by atoms with Gasteiger partial charge in [0.05, 0.1) is 5.56 Å². The van der Waals surface area contributed by atoms with Gasteiger partial charge in [-0.05, 0) is 30.0 Å². The number of pyridine rings is 1. The van der Waals surface area contributed by atoms with Crippen molar-refractivity contribution >= 4 is 5.91 Å². The Hall–Kier alpha value is -2.16. The van der Waals surface area contributed by atoms with E-state index in [0.29, 0.717) is 5.56 Å². The SMILES string of the molecule is CCCCc1ccc(-c2cncc(C(N)=O)c2)cc1. The quantitative estimate of drug-likeness (QED) is 0.890. The topological polar surface area (TPSA) is 56.0 Å². The maximum absolute atomic E-state index is 11.1. The van der Waals surface area contributed by atoms with Gasteiger partial charge in [0.2, 0.25) is 5.91 Å². The Balaban J connectivity index is 2.22. The number of aromatic nitrogens is 1. The Morgan fingerprint density at radius 1 is 1.16 bits per heavy atom. The second kappa shape index (κ2) is 6.14. The molecule has 0 radical (unpaired) electrons. The van der Waals surface area contributed by atoms with Crippen LogP contribution in [0.5, 0.6) is 0 Å². The van der Waals surface area contributed by atoms with Crippen molar-refractivity contribution in [1.29, 1.82) is 0 Å². The molecule has 19 heavy (non-hydrogen) atoms. The number of carbonyl (C=O) groups excluding carboxylic acids is 1. The third-order valence-electron chi connectivity index (χ3n) is 3.13. The van der Waals surface area contributed by atoms with E-state index in [-0.39, 0.29) is 0 Å². The van der Waals surface area contributed by atoms with E-state index < -0.39 is 5.91 Å². The van der Waals surface area contributed by atoms with Crippen LogP contribution in [0.2, 0.25) is 0 Å². The summed E-state index contributed by atoms with van der Waals surface area (Å²) in [5.41, 5.74) is 9.00. The molecule has 2 rings (SSSR count). The minimum Gasteiger partial charge on any atom is -0.366 e. The number of amides is 1. The highest BCUT2D eigenvalue weighted by molar-refractivity contribution is 5.93.